The molecule has 0 saturated carbocycles. The summed E-state index contributed by atoms with van der Waals surface area (Å²) >= 11 is 5.89. The fourth-order valence-electron chi connectivity index (χ4n) is 3.03. The van der Waals surface area contributed by atoms with E-state index >= 15 is 0 Å². The first-order valence-electron chi connectivity index (χ1n) is 8.27. The van der Waals surface area contributed by atoms with Gasteiger partial charge in [0.1, 0.15) is 0 Å². The molecular weight excluding hydrogens is 340 g/mol. The lowest BCUT2D eigenvalue weighted by atomic mass is 9.91. The molecule has 0 spiro atoms. The molecule has 2 N–H and O–H groups in total. The molecule has 0 aliphatic carbocycles. The van der Waals surface area contributed by atoms with Gasteiger partial charge in [0.15, 0.2) is 0 Å². The first kappa shape index (κ1) is 17.6. The van der Waals surface area contributed by atoms with Crippen LogP contribution >= 0.6 is 11.6 Å². The zero-order valence-electron chi connectivity index (χ0n) is 14.0. The van der Waals surface area contributed by atoms with E-state index in [1.807, 2.05) is 24.3 Å². The molecule has 25 heavy (non-hydrogen) atoms. The predicted octanol–water partition coefficient (Wildman–Crippen LogP) is 1.80. The molecule has 1 aliphatic rings. The lowest BCUT2D eigenvalue weighted by Crippen LogP contribution is -2.35. The summed E-state index contributed by atoms with van der Waals surface area (Å²) in [7, 11) is 1.59. The van der Waals surface area contributed by atoms with Gasteiger partial charge in [0, 0.05) is 55.6 Å². The Bertz CT molecular complexity index is 723. The molecule has 2 aromatic heterocycles. The number of amides is 1. The van der Waals surface area contributed by atoms with Gasteiger partial charge in [-0.15, -0.1) is 0 Å². The van der Waals surface area contributed by atoms with Gasteiger partial charge in [-0.05, 0) is 18.2 Å². The quantitative estimate of drug-likeness (QED) is 0.821. The van der Waals surface area contributed by atoms with Crippen LogP contribution in [0.2, 0.25) is 5.02 Å². The number of halogens is 1. The number of carbonyl (C=O) groups excluding carboxylic acids is 1. The fraction of sp³-hybridized carbons (Fsp3) is 0.389. The van der Waals surface area contributed by atoms with Gasteiger partial charge in [0.05, 0.1) is 18.1 Å². The summed E-state index contributed by atoms with van der Waals surface area (Å²) in [4.78, 5) is 21.3. The smallest absolute Gasteiger partial charge is 0.225 e. The number of methoxy groups -OCH3 is 1. The third-order valence-electron chi connectivity index (χ3n) is 4.35. The molecule has 1 amide bonds. The van der Waals surface area contributed by atoms with Crippen molar-refractivity contribution in [3.05, 3.63) is 52.9 Å². The maximum absolute atomic E-state index is 12.6. The molecule has 3 rings (SSSR count). The first-order chi connectivity index (χ1) is 12.2. The Kier molecular flexibility index (Phi) is 5.83. The monoisotopic (exact) mass is 360 g/mol. The van der Waals surface area contributed by atoms with Crippen LogP contribution < -0.4 is 15.4 Å². The van der Waals surface area contributed by atoms with E-state index in [2.05, 4.69) is 20.6 Å². The van der Waals surface area contributed by atoms with E-state index in [4.69, 9.17) is 16.3 Å². The van der Waals surface area contributed by atoms with Gasteiger partial charge in [0.25, 0.3) is 0 Å². The Labute approximate surface area is 152 Å². The molecule has 1 saturated heterocycles. The highest BCUT2D eigenvalue weighted by molar-refractivity contribution is 6.30. The second kappa shape index (κ2) is 8.27. The van der Waals surface area contributed by atoms with Crippen LogP contribution in [0.25, 0.3) is 0 Å². The number of nitrogens with zero attached hydrogens (tertiary/aromatic N) is 2. The maximum atomic E-state index is 12.6. The SMILES string of the molecule is COc1cccc(CCNC(=O)[C@@H]2CNC[C@H]2c2ccc(Cl)cn2)n1. The number of nitrogens with one attached hydrogen (secondary N) is 2. The van der Waals surface area contributed by atoms with Gasteiger partial charge < -0.3 is 15.4 Å². The van der Waals surface area contributed by atoms with Crippen LogP contribution in [0, 0.1) is 5.92 Å². The third-order valence-corrected chi connectivity index (χ3v) is 4.58. The van der Waals surface area contributed by atoms with Crippen molar-refractivity contribution in [2.45, 2.75) is 12.3 Å². The molecule has 1 fully saturated rings. The van der Waals surface area contributed by atoms with Crippen LogP contribution in [-0.2, 0) is 11.2 Å². The van der Waals surface area contributed by atoms with Crippen molar-refractivity contribution in [1.82, 2.24) is 20.6 Å². The number of hydrogen-bond acceptors (Lipinski definition) is 5. The third kappa shape index (κ3) is 4.46. The van der Waals surface area contributed by atoms with Gasteiger partial charge in [-0.2, -0.15) is 0 Å². The van der Waals surface area contributed by atoms with Crippen LogP contribution in [0.4, 0.5) is 0 Å². The first-order valence-corrected chi connectivity index (χ1v) is 8.65. The lowest BCUT2D eigenvalue weighted by Gasteiger charge is -2.17. The van der Waals surface area contributed by atoms with Crippen LogP contribution in [0.15, 0.2) is 36.5 Å². The Balaban J connectivity index is 1.55. The van der Waals surface area contributed by atoms with Crippen molar-refractivity contribution in [2.24, 2.45) is 5.92 Å². The van der Waals surface area contributed by atoms with Crippen LogP contribution in [0.1, 0.15) is 17.3 Å². The largest absolute Gasteiger partial charge is 0.481 e. The van der Waals surface area contributed by atoms with Gasteiger partial charge >= 0.3 is 0 Å². The topological polar surface area (TPSA) is 76.1 Å². The van der Waals surface area contributed by atoms with E-state index in [0.717, 1.165) is 17.9 Å². The molecule has 2 aromatic rings. The number of ether oxygens (including phenoxy) is 1. The Morgan fingerprint density at radius 3 is 3.00 bits per heavy atom. The second-order valence-electron chi connectivity index (χ2n) is 5.98. The minimum atomic E-state index is -0.132. The number of aromatic nitrogens is 2. The van der Waals surface area contributed by atoms with E-state index in [1.165, 1.54) is 0 Å². The highest BCUT2D eigenvalue weighted by Gasteiger charge is 2.34. The molecule has 6 nitrogen and oxygen atoms in total. The summed E-state index contributed by atoms with van der Waals surface area (Å²) in [6, 6.07) is 9.32. The number of pyridine rings is 2. The van der Waals surface area contributed by atoms with Gasteiger partial charge in [0.2, 0.25) is 11.8 Å². The average Bonchev–Trinajstić information content (AvgIpc) is 3.12. The van der Waals surface area contributed by atoms with Crippen LogP contribution in [-0.4, -0.2) is 42.6 Å². The van der Waals surface area contributed by atoms with Crippen LogP contribution in [0.5, 0.6) is 5.88 Å². The number of rotatable bonds is 6. The minimum Gasteiger partial charge on any atom is -0.481 e. The van der Waals surface area contributed by atoms with Gasteiger partial charge in [-0.25, -0.2) is 4.98 Å². The predicted molar refractivity (Wildman–Crippen MR) is 95.9 cm³/mol. The molecule has 7 heteroatoms. The normalized spacial score (nSPS) is 19.6. The van der Waals surface area contributed by atoms with Crippen molar-refractivity contribution >= 4 is 17.5 Å². The average molecular weight is 361 g/mol. The molecule has 1 aliphatic heterocycles. The number of hydrogen-bond donors (Lipinski definition) is 2. The van der Waals surface area contributed by atoms with Gasteiger partial charge in [-0.3, -0.25) is 9.78 Å². The van der Waals surface area contributed by atoms with E-state index in [-0.39, 0.29) is 17.7 Å². The summed E-state index contributed by atoms with van der Waals surface area (Å²) in [6.45, 7) is 1.93. The van der Waals surface area contributed by atoms with Gasteiger partial charge in [-0.1, -0.05) is 17.7 Å². The van der Waals surface area contributed by atoms with Crippen molar-refractivity contribution in [1.29, 1.82) is 0 Å². The van der Waals surface area contributed by atoms with Crippen molar-refractivity contribution in [3.8, 4) is 5.88 Å². The Morgan fingerprint density at radius 2 is 2.24 bits per heavy atom. The van der Waals surface area contributed by atoms with Crippen molar-refractivity contribution in [2.75, 3.05) is 26.7 Å². The standard InChI is InChI=1S/C18H21ClN4O2/c1-25-17-4-2-3-13(23-17)7-8-21-18(24)15-11-20-10-14(15)16-6-5-12(19)9-22-16/h2-6,9,14-15,20H,7-8,10-11H2,1H3,(H,21,24)/t14-,15-/m1/s1. The Morgan fingerprint density at radius 1 is 1.36 bits per heavy atom. The van der Waals surface area contributed by atoms with E-state index < -0.39 is 0 Å². The molecular formula is C18H21ClN4O2. The van der Waals surface area contributed by atoms with E-state index in [1.54, 1.807) is 19.4 Å². The highest BCUT2D eigenvalue weighted by Crippen LogP contribution is 2.27. The molecule has 0 unspecified atom stereocenters. The molecule has 132 valence electrons. The summed E-state index contributed by atoms with van der Waals surface area (Å²) in [5.74, 6) is 0.548. The Hall–Kier alpha value is -2.18. The van der Waals surface area contributed by atoms with Crippen LogP contribution in [0.3, 0.4) is 0 Å². The fourth-order valence-corrected chi connectivity index (χ4v) is 3.14. The van der Waals surface area contributed by atoms with E-state index in [0.29, 0.717) is 30.4 Å². The second-order valence-corrected chi connectivity index (χ2v) is 6.42. The summed E-state index contributed by atoms with van der Waals surface area (Å²) < 4.78 is 5.11. The van der Waals surface area contributed by atoms with Crippen molar-refractivity contribution < 1.29 is 9.53 Å². The zero-order valence-corrected chi connectivity index (χ0v) is 14.8. The molecule has 3 heterocycles. The summed E-state index contributed by atoms with van der Waals surface area (Å²) in [6.07, 6.45) is 2.28. The lowest BCUT2D eigenvalue weighted by molar-refractivity contribution is -0.124. The maximum Gasteiger partial charge on any atom is 0.225 e. The zero-order chi connectivity index (χ0) is 17.6. The summed E-state index contributed by atoms with van der Waals surface area (Å²) in [5.41, 5.74) is 1.78. The van der Waals surface area contributed by atoms with E-state index in [9.17, 15) is 4.79 Å². The highest BCUT2D eigenvalue weighted by atomic mass is 35.5. The number of carbonyl (C=O) groups is 1. The molecule has 0 radical (unpaired) electrons. The molecule has 0 bridgehead atoms. The van der Waals surface area contributed by atoms with Crippen molar-refractivity contribution in [3.63, 3.8) is 0 Å². The summed E-state index contributed by atoms with van der Waals surface area (Å²) in [5, 5.41) is 6.88. The molecule has 0 aromatic carbocycles. The molecule has 2 atom stereocenters. The minimum absolute atomic E-state index is 0.0367.